The van der Waals surface area contributed by atoms with Gasteiger partial charge in [0.2, 0.25) is 5.91 Å². The van der Waals surface area contributed by atoms with Crippen LogP contribution in [0.5, 0.6) is 0 Å². The number of hydrogen-bond donors (Lipinski definition) is 3. The average Bonchev–Trinajstić information content (AvgIpc) is 3.35. The molecule has 0 atom stereocenters. The highest BCUT2D eigenvalue weighted by Crippen LogP contribution is 2.36. The zero-order valence-corrected chi connectivity index (χ0v) is 21.2. The number of fused-ring (bicyclic) bond motifs is 1. The van der Waals surface area contributed by atoms with Crippen molar-refractivity contribution in [2.75, 3.05) is 33.7 Å². The predicted octanol–water partition coefficient (Wildman–Crippen LogP) is 2.91. The van der Waals surface area contributed by atoms with Gasteiger partial charge in [-0.15, -0.1) is 0 Å². The van der Waals surface area contributed by atoms with Crippen LogP contribution in [0, 0.1) is 0 Å². The average molecular weight is 504 g/mol. The van der Waals surface area contributed by atoms with Gasteiger partial charge in [0.25, 0.3) is 5.91 Å². The number of hydrazine groups is 1. The number of nitrogens with zero attached hydrogens (tertiary/aromatic N) is 3. The number of aliphatic hydroxyl groups excluding tert-OH is 1. The molecule has 2 heterocycles. The van der Waals surface area contributed by atoms with E-state index in [0.29, 0.717) is 25.2 Å². The van der Waals surface area contributed by atoms with Crippen molar-refractivity contribution in [3.63, 3.8) is 0 Å². The number of carbonyl (C=O) groups is 2. The molecule has 9 nitrogen and oxygen atoms in total. The van der Waals surface area contributed by atoms with Gasteiger partial charge in [0.15, 0.2) is 5.76 Å². The normalized spacial score (nSPS) is 13.7. The van der Waals surface area contributed by atoms with Crippen LogP contribution >= 0.6 is 0 Å². The Labute approximate surface area is 216 Å². The minimum atomic E-state index is -0.216. The van der Waals surface area contributed by atoms with Crippen molar-refractivity contribution in [2.45, 2.75) is 19.4 Å². The Morgan fingerprint density at radius 2 is 1.89 bits per heavy atom. The van der Waals surface area contributed by atoms with Crippen LogP contribution in [0.15, 0.2) is 65.4 Å². The maximum atomic E-state index is 12.9. The summed E-state index contributed by atoms with van der Waals surface area (Å²) < 4.78 is 6.05. The largest absolute Gasteiger partial charge is 0.450 e. The highest BCUT2D eigenvalue weighted by Gasteiger charge is 2.22. The monoisotopic (exact) mass is 503 g/mol. The van der Waals surface area contributed by atoms with Gasteiger partial charge in [-0.3, -0.25) is 9.59 Å². The molecule has 0 radical (unpaired) electrons. The molecule has 0 spiro atoms. The summed E-state index contributed by atoms with van der Waals surface area (Å²) in [7, 11) is 3.37. The lowest BCUT2D eigenvalue weighted by molar-refractivity contribution is -0.130. The molecule has 4 rings (SSSR count). The van der Waals surface area contributed by atoms with Crippen molar-refractivity contribution >= 4 is 28.4 Å². The summed E-state index contributed by atoms with van der Waals surface area (Å²) in [6.45, 7) is 1.45. The molecule has 194 valence electrons. The van der Waals surface area contributed by atoms with E-state index in [1.807, 2.05) is 41.3 Å². The molecule has 2 aromatic carbocycles. The summed E-state index contributed by atoms with van der Waals surface area (Å²) in [5.41, 5.74) is 10.5. The van der Waals surface area contributed by atoms with E-state index in [1.165, 1.54) is 22.3 Å². The molecule has 1 aliphatic rings. The van der Waals surface area contributed by atoms with Gasteiger partial charge in [-0.25, -0.2) is 5.84 Å². The Balaban J connectivity index is 1.68. The topological polar surface area (TPSA) is 129 Å². The summed E-state index contributed by atoms with van der Waals surface area (Å²) in [6, 6.07) is 13.4. The molecule has 1 aromatic heterocycles. The third-order valence-corrected chi connectivity index (χ3v) is 6.42. The fourth-order valence-electron chi connectivity index (χ4n) is 4.40. The van der Waals surface area contributed by atoms with Crippen LogP contribution in [-0.4, -0.2) is 65.5 Å². The van der Waals surface area contributed by atoms with Gasteiger partial charge < -0.3 is 30.1 Å². The molecule has 5 N–H and O–H groups in total. The van der Waals surface area contributed by atoms with Crippen molar-refractivity contribution in [1.29, 1.82) is 0 Å². The number of carbonyl (C=O) groups excluding carboxylic acids is 2. The number of hydrogen-bond acceptors (Lipinski definition) is 7. The number of benzene rings is 2. The first-order valence-corrected chi connectivity index (χ1v) is 12.2. The van der Waals surface area contributed by atoms with Crippen molar-refractivity contribution < 1.29 is 19.1 Å². The van der Waals surface area contributed by atoms with Crippen molar-refractivity contribution in [1.82, 2.24) is 14.8 Å². The molecule has 0 aliphatic carbocycles. The number of aliphatic hydroxyl groups is 1. The molecule has 0 saturated heterocycles. The Morgan fingerprint density at radius 1 is 1.14 bits per heavy atom. The third kappa shape index (κ3) is 5.84. The molecule has 0 fully saturated rings. The van der Waals surface area contributed by atoms with Crippen molar-refractivity contribution in [3.8, 4) is 11.1 Å². The van der Waals surface area contributed by atoms with Crippen LogP contribution in [0.4, 0.5) is 0 Å². The first-order valence-electron chi connectivity index (χ1n) is 12.2. The maximum Gasteiger partial charge on any atom is 0.289 e. The standard InChI is InChI=1S/C28H33N5O4/c1-31(2)28(36)25-16-23-14-22(15-24(27(23)37-25)20-7-5-19(18-34)6-8-20)21-4-3-11-32(17-21)26(35)9-12-33(30)13-10-29/h4-8,10,13-16,34H,3,9,11-12,17-18,29-30H2,1-2H3/b13-10-. The van der Waals surface area contributed by atoms with E-state index in [-0.39, 0.29) is 30.6 Å². The minimum absolute atomic E-state index is 0.0227. The highest BCUT2D eigenvalue weighted by atomic mass is 16.3. The zero-order chi connectivity index (χ0) is 26.5. The molecule has 2 amide bonds. The van der Waals surface area contributed by atoms with Gasteiger partial charge in [0.05, 0.1) is 6.61 Å². The first-order chi connectivity index (χ1) is 17.8. The Morgan fingerprint density at radius 3 is 2.57 bits per heavy atom. The second-order valence-electron chi connectivity index (χ2n) is 9.27. The second kappa shape index (κ2) is 11.3. The maximum absolute atomic E-state index is 12.9. The van der Waals surface area contributed by atoms with Gasteiger partial charge in [0, 0.05) is 63.5 Å². The molecule has 9 heteroatoms. The van der Waals surface area contributed by atoms with E-state index in [9.17, 15) is 14.7 Å². The quantitative estimate of drug-likeness (QED) is 0.318. The number of rotatable bonds is 8. The third-order valence-electron chi connectivity index (χ3n) is 6.42. The van der Waals surface area contributed by atoms with E-state index < -0.39 is 0 Å². The summed E-state index contributed by atoms with van der Waals surface area (Å²) in [4.78, 5) is 28.8. The SMILES string of the molecule is CN(C)C(=O)c1cc2cc(C3=CCCN(C(=O)CCN(N)/C=C\N)C3)cc(-c3ccc(CO)cc3)c2o1. The minimum Gasteiger partial charge on any atom is -0.450 e. The van der Waals surface area contributed by atoms with E-state index in [4.69, 9.17) is 16.0 Å². The van der Waals surface area contributed by atoms with Crippen LogP contribution in [-0.2, 0) is 11.4 Å². The van der Waals surface area contributed by atoms with Crippen LogP contribution < -0.4 is 11.6 Å². The van der Waals surface area contributed by atoms with E-state index >= 15 is 0 Å². The Bertz CT molecular complexity index is 1340. The molecule has 0 bridgehead atoms. The summed E-state index contributed by atoms with van der Waals surface area (Å²) in [6.07, 6.45) is 6.04. The lowest BCUT2D eigenvalue weighted by Crippen LogP contribution is -2.38. The summed E-state index contributed by atoms with van der Waals surface area (Å²) >= 11 is 0. The van der Waals surface area contributed by atoms with Crippen LogP contribution in [0.1, 0.15) is 34.5 Å². The van der Waals surface area contributed by atoms with Crippen molar-refractivity contribution in [2.24, 2.45) is 11.6 Å². The van der Waals surface area contributed by atoms with Crippen LogP contribution in [0.25, 0.3) is 27.7 Å². The van der Waals surface area contributed by atoms with Gasteiger partial charge in [-0.05, 0) is 46.9 Å². The highest BCUT2D eigenvalue weighted by molar-refractivity contribution is 6.01. The molecule has 37 heavy (non-hydrogen) atoms. The fraction of sp³-hybridized carbons (Fsp3) is 0.286. The molecular weight excluding hydrogens is 470 g/mol. The molecular formula is C28H33N5O4. The van der Waals surface area contributed by atoms with E-state index in [2.05, 4.69) is 6.08 Å². The predicted molar refractivity (Wildman–Crippen MR) is 144 cm³/mol. The van der Waals surface area contributed by atoms with Crippen molar-refractivity contribution in [3.05, 3.63) is 77.8 Å². The first kappa shape index (κ1) is 26.0. The van der Waals surface area contributed by atoms with Gasteiger partial charge >= 0.3 is 0 Å². The number of amides is 2. The smallest absolute Gasteiger partial charge is 0.289 e. The lowest BCUT2D eigenvalue weighted by Gasteiger charge is -2.28. The Hall–Kier alpha value is -4.08. The molecule has 0 unspecified atom stereocenters. The number of nitrogens with two attached hydrogens (primary N) is 2. The van der Waals surface area contributed by atoms with Gasteiger partial charge in [-0.1, -0.05) is 30.3 Å². The zero-order valence-electron chi connectivity index (χ0n) is 21.2. The van der Waals surface area contributed by atoms with Gasteiger partial charge in [0.1, 0.15) is 5.58 Å². The lowest BCUT2D eigenvalue weighted by atomic mass is 9.94. The molecule has 1 aliphatic heterocycles. The van der Waals surface area contributed by atoms with E-state index in [1.54, 1.807) is 20.2 Å². The second-order valence-corrected chi connectivity index (χ2v) is 9.27. The fourth-order valence-corrected chi connectivity index (χ4v) is 4.40. The summed E-state index contributed by atoms with van der Waals surface area (Å²) in [5, 5.41) is 11.6. The molecule has 3 aromatic rings. The van der Waals surface area contributed by atoms with Crippen LogP contribution in [0.2, 0.25) is 0 Å². The van der Waals surface area contributed by atoms with Gasteiger partial charge in [-0.2, -0.15) is 0 Å². The molecule has 0 saturated carbocycles. The van der Waals surface area contributed by atoms with Crippen LogP contribution in [0.3, 0.4) is 0 Å². The van der Waals surface area contributed by atoms with E-state index in [0.717, 1.165) is 39.6 Å². The number of furan rings is 1. The summed E-state index contributed by atoms with van der Waals surface area (Å²) in [5.74, 6) is 5.87. The Kier molecular flexibility index (Phi) is 7.95.